The molecule has 2 aromatic carbocycles. The number of carboxylic acid groups (broad SMARTS) is 1. The Labute approximate surface area is 191 Å². The van der Waals surface area contributed by atoms with Gasteiger partial charge in [-0.3, -0.25) is 14.6 Å². The second-order valence-corrected chi connectivity index (χ2v) is 8.12. The number of aliphatic carboxylic acids is 1. The van der Waals surface area contributed by atoms with Crippen LogP contribution in [0.4, 0.5) is 5.69 Å². The Hall–Kier alpha value is -3.94. The highest BCUT2D eigenvalue weighted by Gasteiger charge is 2.29. The fraction of sp³-hybridized carbons (Fsp3) is 0.280. The van der Waals surface area contributed by atoms with Gasteiger partial charge in [-0.25, -0.2) is 4.79 Å². The number of carbonyl (C=O) groups is 3. The molecule has 1 aromatic heterocycles. The van der Waals surface area contributed by atoms with E-state index in [-0.39, 0.29) is 24.3 Å². The highest BCUT2D eigenvalue weighted by atomic mass is 16.4. The van der Waals surface area contributed by atoms with Crippen LogP contribution >= 0.6 is 0 Å². The maximum absolute atomic E-state index is 12.7. The van der Waals surface area contributed by atoms with E-state index in [1.807, 2.05) is 30.5 Å². The van der Waals surface area contributed by atoms with Crippen LogP contribution in [-0.4, -0.2) is 53.6 Å². The second kappa shape index (κ2) is 10.1. The van der Waals surface area contributed by atoms with Gasteiger partial charge < -0.3 is 20.6 Å². The average Bonchev–Trinajstić information content (AvgIpc) is 2.86. The quantitative estimate of drug-likeness (QED) is 0.514. The fourth-order valence-electron chi connectivity index (χ4n) is 4.01. The molecule has 2 heterocycles. The molecule has 33 heavy (non-hydrogen) atoms. The highest BCUT2D eigenvalue weighted by Crippen LogP contribution is 2.25. The zero-order chi connectivity index (χ0) is 23.2. The predicted octanol–water partition coefficient (Wildman–Crippen LogP) is 2.45. The summed E-state index contributed by atoms with van der Waals surface area (Å²) in [7, 11) is 0. The van der Waals surface area contributed by atoms with Gasteiger partial charge in [-0.05, 0) is 37.1 Å². The number of hydrogen-bond acceptors (Lipinski definition) is 5. The minimum atomic E-state index is -1.19. The molecular formula is C25H26N4O4. The van der Waals surface area contributed by atoms with Gasteiger partial charge in [0.05, 0.1) is 17.4 Å². The molecule has 3 aromatic rings. The lowest BCUT2D eigenvalue weighted by Gasteiger charge is -2.33. The Kier molecular flexibility index (Phi) is 6.83. The molecule has 1 aliphatic heterocycles. The molecule has 1 aliphatic rings. The van der Waals surface area contributed by atoms with Crippen molar-refractivity contribution in [3.8, 4) is 0 Å². The Morgan fingerprint density at radius 2 is 1.73 bits per heavy atom. The Balaban J connectivity index is 1.30. The Morgan fingerprint density at radius 3 is 2.45 bits per heavy atom. The number of carboxylic acids is 1. The van der Waals surface area contributed by atoms with Gasteiger partial charge in [0.15, 0.2) is 0 Å². The number of amides is 2. The van der Waals surface area contributed by atoms with Crippen LogP contribution in [0, 0.1) is 5.92 Å². The number of fused-ring (bicyclic) bond motifs is 1. The monoisotopic (exact) mass is 446 g/mol. The van der Waals surface area contributed by atoms with Gasteiger partial charge in [-0.2, -0.15) is 0 Å². The van der Waals surface area contributed by atoms with Crippen LogP contribution in [0.2, 0.25) is 0 Å². The number of hydrogen-bond donors (Lipinski definition) is 3. The second-order valence-electron chi connectivity index (χ2n) is 8.12. The van der Waals surface area contributed by atoms with Gasteiger partial charge in [0, 0.05) is 36.5 Å². The third-order valence-corrected chi connectivity index (χ3v) is 5.92. The van der Waals surface area contributed by atoms with E-state index in [2.05, 4.69) is 26.6 Å². The van der Waals surface area contributed by atoms with Crippen LogP contribution in [0.3, 0.4) is 0 Å². The van der Waals surface area contributed by atoms with E-state index in [0.29, 0.717) is 31.5 Å². The van der Waals surface area contributed by atoms with E-state index in [1.54, 1.807) is 30.3 Å². The van der Waals surface area contributed by atoms with Gasteiger partial charge in [0.1, 0.15) is 6.04 Å². The van der Waals surface area contributed by atoms with Gasteiger partial charge in [-0.1, -0.05) is 36.4 Å². The van der Waals surface area contributed by atoms with Crippen molar-refractivity contribution in [1.82, 2.24) is 15.6 Å². The van der Waals surface area contributed by atoms with E-state index in [1.165, 1.54) is 0 Å². The molecule has 2 amide bonds. The van der Waals surface area contributed by atoms with Gasteiger partial charge in [-0.15, -0.1) is 0 Å². The summed E-state index contributed by atoms with van der Waals surface area (Å²) in [6.45, 7) is 1.18. The molecule has 0 radical (unpaired) electrons. The summed E-state index contributed by atoms with van der Waals surface area (Å²) < 4.78 is 0. The summed E-state index contributed by atoms with van der Waals surface area (Å²) in [6, 6.07) is 17.4. The number of piperidine rings is 1. The molecule has 0 aliphatic carbocycles. The molecule has 4 rings (SSSR count). The molecule has 0 unspecified atom stereocenters. The predicted molar refractivity (Wildman–Crippen MR) is 125 cm³/mol. The number of pyridine rings is 1. The number of nitrogens with zero attached hydrogens (tertiary/aromatic N) is 2. The number of nitrogens with one attached hydrogen (secondary N) is 2. The van der Waals surface area contributed by atoms with Gasteiger partial charge in [0.25, 0.3) is 5.91 Å². The van der Waals surface area contributed by atoms with Crippen LogP contribution in [0.1, 0.15) is 23.2 Å². The van der Waals surface area contributed by atoms with Crippen molar-refractivity contribution in [3.05, 3.63) is 72.4 Å². The van der Waals surface area contributed by atoms with Crippen molar-refractivity contribution in [3.63, 3.8) is 0 Å². The molecule has 8 nitrogen and oxygen atoms in total. The van der Waals surface area contributed by atoms with E-state index in [4.69, 9.17) is 0 Å². The first-order valence-corrected chi connectivity index (χ1v) is 11.0. The molecule has 1 fully saturated rings. The number of para-hydroxylation sites is 1. The van der Waals surface area contributed by atoms with Crippen LogP contribution in [-0.2, 0) is 9.59 Å². The van der Waals surface area contributed by atoms with Crippen molar-refractivity contribution >= 4 is 34.4 Å². The summed E-state index contributed by atoms with van der Waals surface area (Å²) in [5.41, 5.74) is 2.39. The third kappa shape index (κ3) is 5.46. The van der Waals surface area contributed by atoms with Crippen molar-refractivity contribution in [2.75, 3.05) is 24.5 Å². The Morgan fingerprint density at radius 1 is 1.03 bits per heavy atom. The standard InChI is InChI=1S/C25H26N4O4/c30-23(17-6-2-1-3-7-17)27-16-22(25(32)33)28-24(31)18-10-12-29(13-11-18)20-14-19-8-4-5-9-21(19)26-15-20/h1-9,14-15,18,22H,10-13,16H2,(H,27,30)(H,28,31)(H,32,33)/t22-/m0/s1. The maximum Gasteiger partial charge on any atom is 0.328 e. The van der Waals surface area contributed by atoms with Crippen LogP contribution in [0.15, 0.2) is 66.9 Å². The summed E-state index contributed by atoms with van der Waals surface area (Å²) in [6.07, 6.45) is 3.07. The first kappa shape index (κ1) is 22.3. The zero-order valence-electron chi connectivity index (χ0n) is 18.1. The van der Waals surface area contributed by atoms with E-state index in [9.17, 15) is 19.5 Å². The molecular weight excluding hydrogens is 420 g/mol. The molecule has 0 saturated carbocycles. The lowest BCUT2D eigenvalue weighted by atomic mass is 9.95. The van der Waals surface area contributed by atoms with E-state index < -0.39 is 12.0 Å². The SMILES string of the molecule is O=C(NC[C@H](NC(=O)C1CCN(c2cnc3ccccc3c2)CC1)C(=O)O)c1ccccc1. The van der Waals surface area contributed by atoms with Crippen LogP contribution < -0.4 is 15.5 Å². The van der Waals surface area contributed by atoms with Gasteiger partial charge in [0.2, 0.25) is 5.91 Å². The zero-order valence-corrected chi connectivity index (χ0v) is 18.1. The topological polar surface area (TPSA) is 112 Å². The first-order chi connectivity index (χ1) is 16.0. The minimum Gasteiger partial charge on any atom is -0.480 e. The van der Waals surface area contributed by atoms with Crippen molar-refractivity contribution in [2.24, 2.45) is 5.92 Å². The number of anilines is 1. The number of carbonyl (C=O) groups excluding carboxylic acids is 2. The fourth-order valence-corrected chi connectivity index (χ4v) is 4.01. The van der Waals surface area contributed by atoms with Crippen LogP contribution in [0.25, 0.3) is 10.9 Å². The smallest absolute Gasteiger partial charge is 0.328 e. The first-order valence-electron chi connectivity index (χ1n) is 11.0. The molecule has 1 atom stereocenters. The lowest BCUT2D eigenvalue weighted by Crippen LogP contribution is -2.51. The maximum atomic E-state index is 12.7. The minimum absolute atomic E-state index is 0.184. The molecule has 1 saturated heterocycles. The third-order valence-electron chi connectivity index (χ3n) is 5.92. The molecule has 8 heteroatoms. The van der Waals surface area contributed by atoms with Crippen molar-refractivity contribution in [1.29, 1.82) is 0 Å². The molecule has 0 spiro atoms. The summed E-state index contributed by atoms with van der Waals surface area (Å²) >= 11 is 0. The van der Waals surface area contributed by atoms with E-state index in [0.717, 1.165) is 16.6 Å². The number of rotatable bonds is 7. The normalized spacial score (nSPS) is 15.1. The van der Waals surface area contributed by atoms with Gasteiger partial charge >= 0.3 is 5.97 Å². The van der Waals surface area contributed by atoms with Crippen LogP contribution in [0.5, 0.6) is 0 Å². The van der Waals surface area contributed by atoms with E-state index >= 15 is 0 Å². The molecule has 3 N–H and O–H groups in total. The Bertz CT molecular complexity index is 1140. The number of aromatic nitrogens is 1. The number of benzene rings is 2. The van der Waals surface area contributed by atoms with Crippen molar-refractivity contribution < 1.29 is 19.5 Å². The molecule has 170 valence electrons. The summed E-state index contributed by atoms with van der Waals surface area (Å²) in [4.78, 5) is 43.2. The van der Waals surface area contributed by atoms with Crippen molar-refractivity contribution in [2.45, 2.75) is 18.9 Å². The molecule has 0 bridgehead atoms. The summed E-state index contributed by atoms with van der Waals surface area (Å²) in [5, 5.41) is 15.7. The largest absolute Gasteiger partial charge is 0.480 e. The highest BCUT2D eigenvalue weighted by molar-refractivity contribution is 5.94. The average molecular weight is 447 g/mol. The summed E-state index contributed by atoms with van der Waals surface area (Å²) in [5.74, 6) is -2.14. The lowest BCUT2D eigenvalue weighted by molar-refractivity contribution is -0.142.